The summed E-state index contributed by atoms with van der Waals surface area (Å²) in [7, 11) is 0. The lowest BCUT2D eigenvalue weighted by atomic mass is 9.92. The van der Waals surface area contributed by atoms with Crippen LogP contribution in [0.3, 0.4) is 0 Å². The van der Waals surface area contributed by atoms with Crippen molar-refractivity contribution in [1.82, 2.24) is 24.9 Å². The van der Waals surface area contributed by atoms with E-state index in [4.69, 9.17) is 0 Å². The highest BCUT2D eigenvalue weighted by atomic mass is 32.1. The Kier molecular flexibility index (Phi) is 7.82. The normalized spacial score (nSPS) is 14.2. The third kappa shape index (κ3) is 5.98. The smallest absolute Gasteiger partial charge is 0.253 e. The van der Waals surface area contributed by atoms with Crippen molar-refractivity contribution in [2.24, 2.45) is 0 Å². The number of carbonyl (C=O) groups is 1. The van der Waals surface area contributed by atoms with Crippen LogP contribution in [0.25, 0.3) is 5.52 Å². The number of nitriles is 1. The summed E-state index contributed by atoms with van der Waals surface area (Å²) in [4.78, 5) is 21.6. The van der Waals surface area contributed by atoms with Crippen LogP contribution in [0.4, 0.5) is 9.52 Å². The van der Waals surface area contributed by atoms with Crippen molar-refractivity contribution in [1.29, 1.82) is 5.26 Å². The molecule has 5 rings (SSSR count). The van der Waals surface area contributed by atoms with Crippen molar-refractivity contribution in [3.8, 4) is 6.07 Å². The second-order valence-electron chi connectivity index (χ2n) is 9.56. The molecule has 40 heavy (non-hydrogen) atoms. The highest BCUT2D eigenvalue weighted by Crippen LogP contribution is 2.30. The maximum Gasteiger partial charge on any atom is 0.253 e. The third-order valence-corrected chi connectivity index (χ3v) is 7.30. The molecule has 11 heteroatoms. The van der Waals surface area contributed by atoms with Crippen molar-refractivity contribution in [2.75, 3.05) is 11.9 Å². The molecule has 5 aromatic rings. The van der Waals surface area contributed by atoms with Gasteiger partial charge in [-0.2, -0.15) is 10.4 Å². The van der Waals surface area contributed by atoms with Crippen LogP contribution in [0.5, 0.6) is 0 Å². The Morgan fingerprint density at radius 3 is 2.77 bits per heavy atom. The minimum Gasteiger partial charge on any atom is -0.385 e. The molecular formula is C29H26FN7O2S. The summed E-state index contributed by atoms with van der Waals surface area (Å²) in [5.74, 6) is -0.557. The number of hydrogen-bond donors (Lipinski definition) is 3. The Labute approximate surface area is 234 Å². The minimum atomic E-state index is -1.96. The molecular weight excluding hydrogens is 529 g/mol. The molecule has 1 amide bonds. The second kappa shape index (κ2) is 11.6. The molecule has 0 bridgehead atoms. The number of carbonyl (C=O) groups excluding carboxylic acids is 1. The lowest BCUT2D eigenvalue weighted by molar-refractivity contribution is -0.0253. The summed E-state index contributed by atoms with van der Waals surface area (Å²) < 4.78 is 17.8. The van der Waals surface area contributed by atoms with Crippen LogP contribution >= 0.6 is 11.3 Å². The molecule has 9 nitrogen and oxygen atoms in total. The maximum absolute atomic E-state index is 16.3. The largest absolute Gasteiger partial charge is 0.385 e. The van der Waals surface area contributed by atoms with E-state index < -0.39 is 23.7 Å². The Morgan fingerprint density at radius 2 is 2.02 bits per heavy atom. The zero-order valence-corrected chi connectivity index (χ0v) is 22.3. The topological polar surface area (TPSA) is 128 Å². The van der Waals surface area contributed by atoms with E-state index in [-0.39, 0.29) is 12.1 Å². The summed E-state index contributed by atoms with van der Waals surface area (Å²) in [6.45, 7) is 1.20. The van der Waals surface area contributed by atoms with Crippen LogP contribution < -0.4 is 10.6 Å². The Hall–Kier alpha value is -4.66. The average molecular weight is 556 g/mol. The maximum atomic E-state index is 16.3. The standard InChI is InChI=1S/C29H26FN7O2S/c1-29(39,18-33-28-35-22(17-40-28)12-19-6-3-2-4-7-19)26(30)25(36-27(38)21-8-5-11-32-16-21)24-10-9-23-13-20(14-31)15-34-37(23)24/h2-11,13,15-17,25-26,39H,12,18H2,1H3,(H,33,35)(H,36,38)/t25-,26-,29-/m1/s1. The van der Waals surface area contributed by atoms with Crippen molar-refractivity contribution in [3.05, 3.63) is 113 Å². The first-order chi connectivity index (χ1) is 19.3. The summed E-state index contributed by atoms with van der Waals surface area (Å²) in [5.41, 5.74) is 1.51. The van der Waals surface area contributed by atoms with Gasteiger partial charge in [0, 0.05) is 30.7 Å². The van der Waals surface area contributed by atoms with Gasteiger partial charge >= 0.3 is 0 Å². The van der Waals surface area contributed by atoms with Gasteiger partial charge in [0.05, 0.1) is 34.2 Å². The van der Waals surface area contributed by atoms with Gasteiger partial charge in [0.1, 0.15) is 17.7 Å². The van der Waals surface area contributed by atoms with Crippen LogP contribution in [-0.4, -0.2) is 48.9 Å². The van der Waals surface area contributed by atoms with E-state index in [0.29, 0.717) is 28.3 Å². The second-order valence-corrected chi connectivity index (χ2v) is 10.4. The fourth-order valence-corrected chi connectivity index (χ4v) is 5.03. The fourth-order valence-electron chi connectivity index (χ4n) is 4.32. The third-order valence-electron chi connectivity index (χ3n) is 6.45. The summed E-state index contributed by atoms with van der Waals surface area (Å²) >= 11 is 1.37. The Morgan fingerprint density at radius 1 is 1.20 bits per heavy atom. The molecule has 0 fully saturated rings. The predicted octanol–water partition coefficient (Wildman–Crippen LogP) is 4.32. The number of nitrogens with zero attached hydrogens (tertiary/aromatic N) is 5. The van der Waals surface area contributed by atoms with Gasteiger partial charge in [-0.15, -0.1) is 11.3 Å². The van der Waals surface area contributed by atoms with Gasteiger partial charge in [-0.1, -0.05) is 30.3 Å². The van der Waals surface area contributed by atoms with Gasteiger partial charge < -0.3 is 15.7 Å². The predicted molar refractivity (Wildman–Crippen MR) is 150 cm³/mol. The van der Waals surface area contributed by atoms with E-state index in [2.05, 4.69) is 25.7 Å². The highest BCUT2D eigenvalue weighted by Gasteiger charge is 2.41. The molecule has 0 saturated heterocycles. The molecule has 202 valence electrons. The number of aromatic nitrogens is 4. The first kappa shape index (κ1) is 26.9. The van der Waals surface area contributed by atoms with Crippen LogP contribution in [0, 0.1) is 11.3 Å². The number of amides is 1. The van der Waals surface area contributed by atoms with Crippen LogP contribution in [0.15, 0.2) is 84.6 Å². The number of rotatable bonds is 10. The van der Waals surface area contributed by atoms with Gasteiger partial charge in [-0.3, -0.25) is 9.78 Å². The van der Waals surface area contributed by atoms with E-state index in [1.165, 1.54) is 41.4 Å². The van der Waals surface area contributed by atoms with Gasteiger partial charge in [-0.05, 0) is 42.8 Å². The molecule has 1 aromatic carbocycles. The van der Waals surface area contributed by atoms with Gasteiger partial charge in [0.2, 0.25) is 0 Å². The zero-order chi connectivity index (χ0) is 28.1. The van der Waals surface area contributed by atoms with Crippen molar-refractivity contribution in [2.45, 2.75) is 31.2 Å². The number of hydrogen-bond acceptors (Lipinski definition) is 8. The van der Waals surface area contributed by atoms with Crippen LogP contribution in [0.1, 0.15) is 45.8 Å². The Bertz CT molecular complexity index is 1650. The van der Waals surface area contributed by atoms with E-state index in [0.717, 1.165) is 11.3 Å². The molecule has 4 heterocycles. The van der Waals surface area contributed by atoms with E-state index in [1.807, 2.05) is 41.8 Å². The summed E-state index contributed by atoms with van der Waals surface area (Å²) in [6, 6.07) is 18.7. The molecule has 0 unspecified atom stereocenters. The number of pyridine rings is 1. The number of halogens is 1. The van der Waals surface area contributed by atoms with Crippen LogP contribution in [-0.2, 0) is 6.42 Å². The number of alkyl halides is 1. The number of benzene rings is 1. The number of aliphatic hydroxyl groups is 1. The van der Waals surface area contributed by atoms with Gasteiger partial charge in [-0.25, -0.2) is 13.9 Å². The van der Waals surface area contributed by atoms with Crippen molar-refractivity contribution in [3.63, 3.8) is 0 Å². The number of thiazole rings is 1. The van der Waals surface area contributed by atoms with E-state index in [9.17, 15) is 15.2 Å². The highest BCUT2D eigenvalue weighted by molar-refractivity contribution is 7.13. The molecule has 0 aliphatic carbocycles. The van der Waals surface area contributed by atoms with Crippen molar-refractivity contribution < 1.29 is 14.3 Å². The molecule has 0 saturated carbocycles. The summed E-state index contributed by atoms with van der Waals surface area (Å²) in [5, 5.41) is 33.0. The lowest BCUT2D eigenvalue weighted by Crippen LogP contribution is -2.50. The molecule has 0 aliphatic rings. The Balaban J connectivity index is 1.37. The molecule has 0 spiro atoms. The van der Waals surface area contributed by atoms with E-state index >= 15 is 4.39 Å². The number of fused-ring (bicyclic) bond motifs is 1. The SMILES string of the molecule is C[C@@](O)(CNc1nc(Cc2ccccc2)cs1)[C@H](F)[C@H](NC(=O)c1cccnc1)c1ccc2cc(C#N)cnn12. The molecule has 0 aliphatic heterocycles. The first-order valence-electron chi connectivity index (χ1n) is 12.5. The van der Waals surface area contributed by atoms with Gasteiger partial charge in [0.25, 0.3) is 5.91 Å². The molecule has 0 radical (unpaired) electrons. The molecule has 3 atom stereocenters. The summed E-state index contributed by atoms with van der Waals surface area (Å²) in [6.07, 6.45) is 2.97. The lowest BCUT2D eigenvalue weighted by Gasteiger charge is -2.33. The minimum absolute atomic E-state index is 0.166. The molecule has 3 N–H and O–H groups in total. The number of anilines is 1. The van der Waals surface area contributed by atoms with E-state index in [1.54, 1.807) is 30.3 Å². The fraction of sp³-hybridized carbons (Fsp3) is 0.207. The van der Waals surface area contributed by atoms with Crippen molar-refractivity contribution >= 4 is 27.9 Å². The van der Waals surface area contributed by atoms with Crippen LogP contribution in [0.2, 0.25) is 0 Å². The van der Waals surface area contributed by atoms with Gasteiger partial charge in [0.15, 0.2) is 11.3 Å². The number of nitrogens with one attached hydrogen (secondary N) is 2. The quantitative estimate of drug-likeness (QED) is 0.234. The monoisotopic (exact) mass is 555 g/mol. The first-order valence-corrected chi connectivity index (χ1v) is 13.4. The zero-order valence-electron chi connectivity index (χ0n) is 21.5. The average Bonchev–Trinajstić information content (AvgIpc) is 3.61. The molecule has 4 aromatic heterocycles.